The largest absolute Gasteiger partial charge is 0.354 e. The molecule has 2 heterocycles. The van der Waals surface area contributed by atoms with E-state index in [0.29, 0.717) is 17.9 Å². The number of benzene rings is 3. The molecule has 7 heteroatoms. The Morgan fingerprint density at radius 2 is 1.53 bits per heavy atom. The topological polar surface area (TPSA) is 52.6 Å². The van der Waals surface area contributed by atoms with Crippen molar-refractivity contribution < 1.29 is 4.79 Å². The van der Waals surface area contributed by atoms with Crippen LogP contribution in [0.2, 0.25) is 0 Å². The minimum absolute atomic E-state index is 0.0142. The summed E-state index contributed by atoms with van der Waals surface area (Å²) in [5, 5.41) is 0.748. The molecule has 38 heavy (non-hydrogen) atoms. The first-order valence-electron chi connectivity index (χ1n) is 12.9. The number of thioether (sulfide) groups is 1. The van der Waals surface area contributed by atoms with Gasteiger partial charge >= 0.3 is 0 Å². The van der Waals surface area contributed by atoms with Gasteiger partial charge in [-0.05, 0) is 30.3 Å². The summed E-state index contributed by atoms with van der Waals surface area (Å²) >= 11 is 1.61. The molecular formula is C31H33N5OS. The molecule has 1 amide bonds. The van der Waals surface area contributed by atoms with Gasteiger partial charge in [-0.25, -0.2) is 9.97 Å². The lowest BCUT2D eigenvalue weighted by molar-refractivity contribution is 0.0785. The summed E-state index contributed by atoms with van der Waals surface area (Å²) in [6.07, 6.45) is 0. The molecule has 1 aromatic heterocycles. The second kappa shape index (κ2) is 12.2. The number of rotatable bonds is 8. The van der Waals surface area contributed by atoms with Crippen LogP contribution < -0.4 is 4.90 Å². The van der Waals surface area contributed by atoms with Gasteiger partial charge in [0.1, 0.15) is 5.82 Å². The van der Waals surface area contributed by atoms with Gasteiger partial charge in [0.05, 0.1) is 5.69 Å². The molecule has 4 aromatic rings. The zero-order chi connectivity index (χ0) is 26.3. The van der Waals surface area contributed by atoms with Crippen LogP contribution in [0, 0.1) is 0 Å². The van der Waals surface area contributed by atoms with Crippen LogP contribution in [0.4, 0.5) is 5.82 Å². The van der Waals surface area contributed by atoms with E-state index in [1.165, 1.54) is 0 Å². The molecule has 194 valence electrons. The van der Waals surface area contributed by atoms with Crippen LogP contribution in [0.5, 0.6) is 0 Å². The molecule has 6 nitrogen and oxygen atoms in total. The van der Waals surface area contributed by atoms with E-state index in [2.05, 4.69) is 41.1 Å². The lowest BCUT2D eigenvalue weighted by Gasteiger charge is -2.33. The van der Waals surface area contributed by atoms with Gasteiger partial charge in [-0.1, -0.05) is 84.6 Å². The molecule has 0 spiro atoms. The van der Waals surface area contributed by atoms with Gasteiger partial charge in [-0.3, -0.25) is 4.79 Å². The van der Waals surface area contributed by atoms with Crippen LogP contribution in [-0.2, 0) is 12.3 Å². The molecule has 0 saturated carbocycles. The van der Waals surface area contributed by atoms with Crippen molar-refractivity contribution in [3.8, 4) is 11.3 Å². The average Bonchev–Trinajstić information content (AvgIpc) is 2.97. The number of anilines is 1. The monoisotopic (exact) mass is 523 g/mol. The third kappa shape index (κ3) is 6.60. The summed E-state index contributed by atoms with van der Waals surface area (Å²) in [5.74, 6) is 1.67. The van der Waals surface area contributed by atoms with E-state index in [1.54, 1.807) is 16.7 Å². The van der Waals surface area contributed by atoms with Gasteiger partial charge in [0.2, 0.25) is 0 Å². The molecule has 1 aliphatic rings. The maximum atomic E-state index is 13.1. The first kappa shape index (κ1) is 25.9. The highest BCUT2D eigenvalue weighted by Gasteiger charge is 2.18. The number of amides is 1. The third-order valence-electron chi connectivity index (χ3n) is 6.74. The zero-order valence-electron chi connectivity index (χ0n) is 22.0. The number of hydrogen-bond donors (Lipinski definition) is 0. The Kier molecular flexibility index (Phi) is 8.36. The second-order valence-electron chi connectivity index (χ2n) is 9.69. The van der Waals surface area contributed by atoms with E-state index < -0.39 is 0 Å². The first-order chi connectivity index (χ1) is 18.5. The standard InChI is InChI=1S/C31H33N5OS/c1-34-16-18-36(19-17-34)29-21-28(26-13-7-4-8-14-26)32-31(33-29)38-23-25-12-9-15-27(20-25)30(37)35(2)22-24-10-5-3-6-11-24/h3-15,20-21H,16-19,22-23H2,1-2H3. The quantitative estimate of drug-likeness (QED) is 0.226. The molecule has 3 aromatic carbocycles. The second-order valence-corrected chi connectivity index (χ2v) is 10.6. The Balaban J connectivity index is 1.32. The smallest absolute Gasteiger partial charge is 0.253 e. The van der Waals surface area contributed by atoms with Crippen molar-refractivity contribution in [2.45, 2.75) is 17.5 Å². The maximum absolute atomic E-state index is 13.1. The van der Waals surface area contributed by atoms with E-state index in [9.17, 15) is 4.79 Å². The van der Waals surface area contributed by atoms with Gasteiger partial charge in [-0.15, -0.1) is 0 Å². The fraction of sp³-hybridized carbons (Fsp3) is 0.258. The molecular weight excluding hydrogens is 490 g/mol. The predicted molar refractivity (Wildman–Crippen MR) is 155 cm³/mol. The summed E-state index contributed by atoms with van der Waals surface area (Å²) in [6.45, 7) is 4.52. The molecule has 5 rings (SSSR count). The van der Waals surface area contributed by atoms with Crippen LogP contribution in [0.25, 0.3) is 11.3 Å². The highest BCUT2D eigenvalue weighted by molar-refractivity contribution is 7.98. The van der Waals surface area contributed by atoms with E-state index in [4.69, 9.17) is 9.97 Å². The summed E-state index contributed by atoms with van der Waals surface area (Å²) < 4.78 is 0. The number of hydrogen-bond acceptors (Lipinski definition) is 6. The molecule has 1 aliphatic heterocycles. The summed E-state index contributed by atoms with van der Waals surface area (Å²) in [6, 6.07) is 30.3. The maximum Gasteiger partial charge on any atom is 0.253 e. The highest BCUT2D eigenvalue weighted by Crippen LogP contribution is 2.28. The lowest BCUT2D eigenvalue weighted by atomic mass is 10.1. The van der Waals surface area contributed by atoms with Crippen molar-refractivity contribution in [1.82, 2.24) is 19.8 Å². The normalized spacial score (nSPS) is 13.9. The summed E-state index contributed by atoms with van der Waals surface area (Å²) in [7, 11) is 4.01. The van der Waals surface area contributed by atoms with Gasteiger partial charge in [0, 0.05) is 62.7 Å². The molecule has 0 bridgehead atoms. The fourth-order valence-electron chi connectivity index (χ4n) is 4.52. The highest BCUT2D eigenvalue weighted by atomic mass is 32.2. The van der Waals surface area contributed by atoms with Gasteiger partial charge < -0.3 is 14.7 Å². The van der Waals surface area contributed by atoms with Crippen molar-refractivity contribution in [3.05, 3.63) is 108 Å². The number of piperazine rings is 1. The number of carbonyl (C=O) groups is 1. The zero-order valence-corrected chi connectivity index (χ0v) is 22.8. The number of carbonyl (C=O) groups excluding carboxylic acids is 1. The Hall–Kier alpha value is -3.68. The first-order valence-corrected chi connectivity index (χ1v) is 13.9. The van der Waals surface area contributed by atoms with Gasteiger partial charge in [0.15, 0.2) is 5.16 Å². The SMILES string of the molecule is CN1CCN(c2cc(-c3ccccc3)nc(SCc3cccc(C(=O)N(C)Cc4ccccc4)c3)n2)CC1. The predicted octanol–water partition coefficient (Wildman–Crippen LogP) is 5.46. The average molecular weight is 524 g/mol. The van der Waals surface area contributed by atoms with Crippen molar-refractivity contribution in [1.29, 1.82) is 0 Å². The van der Waals surface area contributed by atoms with Crippen molar-refractivity contribution in [3.63, 3.8) is 0 Å². The van der Waals surface area contributed by atoms with Crippen LogP contribution in [0.15, 0.2) is 96.2 Å². The minimum Gasteiger partial charge on any atom is -0.354 e. The molecule has 1 fully saturated rings. The number of likely N-dealkylation sites (N-methyl/N-ethyl adjacent to an activating group) is 1. The van der Waals surface area contributed by atoms with E-state index in [0.717, 1.165) is 59.5 Å². The molecule has 0 N–H and O–H groups in total. The van der Waals surface area contributed by atoms with Crippen LogP contribution in [0.3, 0.4) is 0 Å². The molecule has 0 aliphatic carbocycles. The van der Waals surface area contributed by atoms with Crippen LogP contribution in [-0.4, -0.2) is 65.9 Å². The molecule has 0 atom stereocenters. The summed E-state index contributed by atoms with van der Waals surface area (Å²) in [4.78, 5) is 29.4. The Morgan fingerprint density at radius 3 is 2.26 bits per heavy atom. The molecule has 0 unspecified atom stereocenters. The van der Waals surface area contributed by atoms with Crippen molar-refractivity contribution >= 4 is 23.5 Å². The van der Waals surface area contributed by atoms with Crippen molar-refractivity contribution in [2.75, 3.05) is 45.2 Å². The number of aromatic nitrogens is 2. The number of nitrogens with zero attached hydrogens (tertiary/aromatic N) is 5. The van der Waals surface area contributed by atoms with Crippen LogP contribution in [0.1, 0.15) is 21.5 Å². The minimum atomic E-state index is 0.0142. The third-order valence-corrected chi connectivity index (χ3v) is 7.66. The van der Waals surface area contributed by atoms with Gasteiger partial charge in [-0.2, -0.15) is 0 Å². The van der Waals surface area contributed by atoms with E-state index in [-0.39, 0.29) is 5.91 Å². The fourth-order valence-corrected chi connectivity index (χ4v) is 5.32. The van der Waals surface area contributed by atoms with E-state index in [1.807, 2.05) is 73.8 Å². The Bertz CT molecular complexity index is 1360. The van der Waals surface area contributed by atoms with E-state index >= 15 is 0 Å². The Labute approximate surface area is 229 Å². The van der Waals surface area contributed by atoms with Crippen LogP contribution >= 0.6 is 11.8 Å². The molecule has 1 saturated heterocycles. The summed E-state index contributed by atoms with van der Waals surface area (Å²) in [5.41, 5.74) is 4.90. The molecule has 0 radical (unpaired) electrons. The van der Waals surface area contributed by atoms with Crippen molar-refractivity contribution in [2.24, 2.45) is 0 Å². The van der Waals surface area contributed by atoms with Gasteiger partial charge in [0.25, 0.3) is 5.91 Å². The lowest BCUT2D eigenvalue weighted by Crippen LogP contribution is -2.44. The Morgan fingerprint density at radius 1 is 0.842 bits per heavy atom.